The number of aryl methyl sites for hydroxylation is 1. The summed E-state index contributed by atoms with van der Waals surface area (Å²) >= 11 is 3.00. The van der Waals surface area contributed by atoms with Gasteiger partial charge in [-0.15, -0.1) is 22.7 Å². The number of carbonyl (C=O) groups is 2. The van der Waals surface area contributed by atoms with Crippen molar-refractivity contribution >= 4 is 34.4 Å². The number of nitrogens with one attached hydrogen (secondary N) is 1. The van der Waals surface area contributed by atoms with Crippen LogP contribution >= 0.6 is 22.7 Å². The van der Waals surface area contributed by atoms with E-state index in [1.165, 1.54) is 17.6 Å². The van der Waals surface area contributed by atoms with Gasteiger partial charge < -0.3 is 9.73 Å². The summed E-state index contributed by atoms with van der Waals surface area (Å²) in [5.74, 6) is 0.388. The van der Waals surface area contributed by atoms with Crippen molar-refractivity contribution in [3.05, 3.63) is 51.4 Å². The van der Waals surface area contributed by atoms with Gasteiger partial charge in [0.2, 0.25) is 11.8 Å². The lowest BCUT2D eigenvalue weighted by Gasteiger charge is -2.02. The molecule has 0 saturated heterocycles. The summed E-state index contributed by atoms with van der Waals surface area (Å²) in [5, 5.41) is 4.71. The first kappa shape index (κ1) is 16.6. The van der Waals surface area contributed by atoms with E-state index in [1.807, 2.05) is 36.6 Å². The summed E-state index contributed by atoms with van der Waals surface area (Å²) in [4.78, 5) is 30.9. The molecule has 124 valence electrons. The van der Waals surface area contributed by atoms with Crippen LogP contribution in [-0.2, 0) is 11.3 Å². The third-order valence-corrected chi connectivity index (χ3v) is 5.24. The molecule has 3 rings (SSSR count). The van der Waals surface area contributed by atoms with Crippen LogP contribution < -0.4 is 5.32 Å². The van der Waals surface area contributed by atoms with Gasteiger partial charge in [0.1, 0.15) is 6.26 Å². The Labute approximate surface area is 147 Å². The maximum absolute atomic E-state index is 12.0. The quantitative estimate of drug-likeness (QED) is 0.645. The fourth-order valence-electron chi connectivity index (χ4n) is 2.11. The smallest absolute Gasteiger partial charge is 0.236 e. The van der Waals surface area contributed by atoms with Crippen molar-refractivity contribution in [2.75, 3.05) is 0 Å². The predicted octanol–water partition coefficient (Wildman–Crippen LogP) is 4.05. The average molecular weight is 360 g/mol. The summed E-state index contributed by atoms with van der Waals surface area (Å²) in [6.07, 6.45) is 1.92. The number of ketones is 1. The molecule has 3 heterocycles. The van der Waals surface area contributed by atoms with Crippen LogP contribution in [0.15, 0.2) is 40.3 Å². The largest absolute Gasteiger partial charge is 0.443 e. The highest BCUT2D eigenvalue weighted by Crippen LogP contribution is 2.23. The van der Waals surface area contributed by atoms with E-state index in [0.29, 0.717) is 23.0 Å². The number of hydrogen-bond acceptors (Lipinski definition) is 6. The van der Waals surface area contributed by atoms with E-state index in [-0.39, 0.29) is 24.5 Å². The molecule has 0 fully saturated rings. The van der Waals surface area contributed by atoms with Gasteiger partial charge >= 0.3 is 0 Å². The molecule has 0 aliphatic heterocycles. The molecular formula is C17H16N2O3S2. The van der Waals surface area contributed by atoms with Crippen molar-refractivity contribution in [1.29, 1.82) is 0 Å². The summed E-state index contributed by atoms with van der Waals surface area (Å²) < 4.78 is 5.39. The topological polar surface area (TPSA) is 72.2 Å². The molecule has 5 nitrogen and oxygen atoms in total. The van der Waals surface area contributed by atoms with Crippen molar-refractivity contribution in [2.45, 2.75) is 26.3 Å². The van der Waals surface area contributed by atoms with Gasteiger partial charge in [-0.1, -0.05) is 6.07 Å². The van der Waals surface area contributed by atoms with Gasteiger partial charge in [0, 0.05) is 17.7 Å². The number of thiophene rings is 2. The molecule has 0 saturated carbocycles. The fraction of sp³-hybridized carbons (Fsp3) is 0.235. The maximum atomic E-state index is 12.0. The van der Waals surface area contributed by atoms with Crippen LogP contribution in [0.25, 0.3) is 10.8 Å². The van der Waals surface area contributed by atoms with Crippen molar-refractivity contribution in [1.82, 2.24) is 10.3 Å². The summed E-state index contributed by atoms with van der Waals surface area (Å²) in [6.45, 7) is 2.25. The SMILES string of the molecule is Cc1ccc(C(=O)CCC(=O)NCc2coc(-c3cccs3)n2)s1. The van der Waals surface area contributed by atoms with E-state index in [0.717, 1.165) is 9.75 Å². The van der Waals surface area contributed by atoms with E-state index in [2.05, 4.69) is 10.3 Å². The molecule has 0 unspecified atom stereocenters. The molecule has 0 spiro atoms. The Morgan fingerprint density at radius 2 is 2.12 bits per heavy atom. The van der Waals surface area contributed by atoms with Gasteiger partial charge in [-0.05, 0) is 30.5 Å². The zero-order valence-electron chi connectivity index (χ0n) is 13.1. The lowest BCUT2D eigenvalue weighted by molar-refractivity contribution is -0.121. The minimum atomic E-state index is -0.169. The Bertz CT molecular complexity index is 834. The number of carbonyl (C=O) groups excluding carboxylic acids is 2. The molecule has 0 aliphatic rings. The molecule has 1 amide bonds. The summed E-state index contributed by atoms with van der Waals surface area (Å²) in [7, 11) is 0. The molecule has 3 aromatic rings. The highest BCUT2D eigenvalue weighted by Gasteiger charge is 2.12. The Kier molecular flexibility index (Phi) is 5.22. The van der Waals surface area contributed by atoms with Gasteiger partial charge in [-0.2, -0.15) is 0 Å². The molecule has 24 heavy (non-hydrogen) atoms. The van der Waals surface area contributed by atoms with Crippen LogP contribution in [0.2, 0.25) is 0 Å². The van der Waals surface area contributed by atoms with Crippen molar-refractivity contribution in [2.24, 2.45) is 0 Å². The second-order valence-electron chi connectivity index (χ2n) is 5.23. The van der Waals surface area contributed by atoms with Crippen LogP contribution in [0.3, 0.4) is 0 Å². The zero-order valence-corrected chi connectivity index (χ0v) is 14.7. The third kappa shape index (κ3) is 4.18. The van der Waals surface area contributed by atoms with Gasteiger partial charge in [-0.25, -0.2) is 4.98 Å². The molecule has 0 aromatic carbocycles. The highest BCUT2D eigenvalue weighted by molar-refractivity contribution is 7.14. The molecule has 0 radical (unpaired) electrons. The molecule has 0 bridgehead atoms. The summed E-state index contributed by atoms with van der Waals surface area (Å²) in [5.41, 5.74) is 0.659. The third-order valence-electron chi connectivity index (χ3n) is 3.34. The van der Waals surface area contributed by atoms with Crippen molar-refractivity contribution in [3.8, 4) is 10.8 Å². The van der Waals surface area contributed by atoms with Gasteiger partial charge in [0.05, 0.1) is 22.0 Å². The second kappa shape index (κ2) is 7.55. The van der Waals surface area contributed by atoms with E-state index in [9.17, 15) is 9.59 Å². The standard InChI is InChI=1S/C17H16N2O3S2/c1-11-4-6-14(24-11)13(20)5-7-16(21)18-9-12-10-22-17(19-12)15-3-2-8-23-15/h2-4,6,8,10H,5,7,9H2,1H3,(H,18,21). The van der Waals surface area contributed by atoms with E-state index >= 15 is 0 Å². The second-order valence-corrected chi connectivity index (χ2v) is 7.47. The number of aromatic nitrogens is 1. The van der Waals surface area contributed by atoms with Crippen LogP contribution in [-0.4, -0.2) is 16.7 Å². The molecule has 0 aliphatic carbocycles. The number of hydrogen-bond donors (Lipinski definition) is 1. The Morgan fingerprint density at radius 3 is 2.83 bits per heavy atom. The highest BCUT2D eigenvalue weighted by atomic mass is 32.1. The molecule has 1 N–H and O–H groups in total. The van der Waals surface area contributed by atoms with E-state index < -0.39 is 0 Å². The average Bonchev–Trinajstić information content (AvgIpc) is 3.30. The van der Waals surface area contributed by atoms with Gasteiger partial charge in [0.15, 0.2) is 5.78 Å². The Balaban J connectivity index is 1.45. The van der Waals surface area contributed by atoms with E-state index in [4.69, 9.17) is 4.42 Å². The Hall–Kier alpha value is -2.25. The minimum absolute atomic E-state index is 0.00432. The zero-order chi connectivity index (χ0) is 16.9. The number of amides is 1. The first-order chi connectivity index (χ1) is 11.6. The first-order valence-corrected chi connectivity index (χ1v) is 9.16. The number of Topliss-reactive ketones (excluding diaryl/α,β-unsaturated/α-hetero) is 1. The maximum Gasteiger partial charge on any atom is 0.236 e. The van der Waals surface area contributed by atoms with Crippen LogP contribution in [0.4, 0.5) is 0 Å². The summed E-state index contributed by atoms with van der Waals surface area (Å²) in [6, 6.07) is 7.57. The minimum Gasteiger partial charge on any atom is -0.443 e. The van der Waals surface area contributed by atoms with Crippen molar-refractivity contribution < 1.29 is 14.0 Å². The van der Waals surface area contributed by atoms with Gasteiger partial charge in [-0.3, -0.25) is 9.59 Å². The van der Waals surface area contributed by atoms with Crippen LogP contribution in [0.1, 0.15) is 33.1 Å². The lowest BCUT2D eigenvalue weighted by atomic mass is 10.2. The number of rotatable bonds is 7. The molecule has 7 heteroatoms. The van der Waals surface area contributed by atoms with Crippen LogP contribution in [0.5, 0.6) is 0 Å². The Morgan fingerprint density at radius 1 is 1.25 bits per heavy atom. The van der Waals surface area contributed by atoms with Gasteiger partial charge in [0.25, 0.3) is 0 Å². The monoisotopic (exact) mass is 360 g/mol. The number of oxazole rings is 1. The first-order valence-electron chi connectivity index (χ1n) is 7.46. The predicted molar refractivity (Wildman–Crippen MR) is 94.3 cm³/mol. The molecular weight excluding hydrogens is 344 g/mol. The van der Waals surface area contributed by atoms with Crippen LogP contribution in [0, 0.1) is 6.92 Å². The lowest BCUT2D eigenvalue weighted by Crippen LogP contribution is -2.23. The fourth-order valence-corrected chi connectivity index (χ4v) is 3.60. The van der Waals surface area contributed by atoms with E-state index in [1.54, 1.807) is 11.3 Å². The molecule has 0 atom stereocenters. The molecule has 3 aromatic heterocycles. The number of nitrogens with zero attached hydrogens (tertiary/aromatic N) is 1. The normalized spacial score (nSPS) is 10.7. The van der Waals surface area contributed by atoms with Crippen molar-refractivity contribution in [3.63, 3.8) is 0 Å².